The molecule has 0 spiro atoms. The van der Waals surface area contributed by atoms with E-state index in [1.165, 1.54) is 5.56 Å². The summed E-state index contributed by atoms with van der Waals surface area (Å²) in [6.45, 7) is 9.92. The first kappa shape index (κ1) is 16.3. The summed E-state index contributed by atoms with van der Waals surface area (Å²) in [6, 6.07) is 10.3. The van der Waals surface area contributed by atoms with Crippen LogP contribution in [-0.2, 0) is 11.2 Å². The van der Waals surface area contributed by atoms with E-state index in [0.29, 0.717) is 5.70 Å². The lowest BCUT2D eigenvalue weighted by atomic mass is 10.1. The largest absolute Gasteiger partial charge is 0.380 e. The average Bonchev–Trinajstić information content (AvgIpc) is 2.56. The van der Waals surface area contributed by atoms with E-state index in [9.17, 15) is 4.79 Å². The standard InChI is InChI=1S/C18H25N3O/c1-3-17(21-13-11-19-12-14-21)18(15(2)22)20-10-9-16-7-5-4-6-8-16/h3-8,19-20H,1,9-14H2,2H3/b18-17-. The maximum absolute atomic E-state index is 12.0. The number of piperazine rings is 1. The van der Waals surface area contributed by atoms with Gasteiger partial charge in [-0.1, -0.05) is 36.9 Å². The molecule has 0 bridgehead atoms. The molecule has 0 radical (unpaired) electrons. The minimum Gasteiger partial charge on any atom is -0.380 e. The minimum absolute atomic E-state index is 0.0569. The molecule has 1 aliphatic heterocycles. The fourth-order valence-corrected chi connectivity index (χ4v) is 2.67. The second-order valence-corrected chi connectivity index (χ2v) is 5.42. The number of carbonyl (C=O) groups is 1. The number of rotatable bonds is 7. The smallest absolute Gasteiger partial charge is 0.177 e. The molecule has 0 saturated carbocycles. The Kier molecular flexibility index (Phi) is 6.22. The van der Waals surface area contributed by atoms with Gasteiger partial charge in [-0.3, -0.25) is 4.79 Å². The van der Waals surface area contributed by atoms with Crippen molar-refractivity contribution in [1.82, 2.24) is 15.5 Å². The molecule has 2 N–H and O–H groups in total. The lowest BCUT2D eigenvalue weighted by Gasteiger charge is -2.31. The molecule has 1 aromatic rings. The summed E-state index contributed by atoms with van der Waals surface area (Å²) in [4.78, 5) is 14.2. The Morgan fingerprint density at radius 3 is 2.59 bits per heavy atom. The van der Waals surface area contributed by atoms with Crippen LogP contribution < -0.4 is 10.6 Å². The Bertz CT molecular complexity index is 531. The monoisotopic (exact) mass is 299 g/mol. The van der Waals surface area contributed by atoms with Crippen LogP contribution >= 0.6 is 0 Å². The number of ketones is 1. The maximum atomic E-state index is 12.0. The topological polar surface area (TPSA) is 44.4 Å². The molecule has 0 amide bonds. The molecule has 1 saturated heterocycles. The molecular weight excluding hydrogens is 274 g/mol. The van der Waals surface area contributed by atoms with E-state index < -0.39 is 0 Å². The van der Waals surface area contributed by atoms with Crippen molar-refractivity contribution in [3.63, 3.8) is 0 Å². The van der Waals surface area contributed by atoms with Gasteiger partial charge in [0.05, 0.1) is 5.70 Å². The third-order valence-electron chi connectivity index (χ3n) is 3.82. The van der Waals surface area contributed by atoms with Crippen LogP contribution in [0.4, 0.5) is 0 Å². The number of allylic oxidation sites excluding steroid dienone is 2. The third kappa shape index (κ3) is 4.46. The van der Waals surface area contributed by atoms with Crippen molar-refractivity contribution in [2.45, 2.75) is 13.3 Å². The Labute approximate surface area is 132 Å². The van der Waals surface area contributed by atoms with Crippen molar-refractivity contribution in [2.24, 2.45) is 0 Å². The Balaban J connectivity index is 2.04. The van der Waals surface area contributed by atoms with Gasteiger partial charge in [0.15, 0.2) is 5.78 Å². The van der Waals surface area contributed by atoms with Gasteiger partial charge < -0.3 is 15.5 Å². The van der Waals surface area contributed by atoms with E-state index in [1.54, 1.807) is 13.0 Å². The predicted octanol–water partition coefficient (Wildman–Crippen LogP) is 1.71. The highest BCUT2D eigenvalue weighted by Crippen LogP contribution is 2.12. The van der Waals surface area contributed by atoms with Crippen LogP contribution in [0.5, 0.6) is 0 Å². The number of hydrogen-bond acceptors (Lipinski definition) is 4. The Morgan fingerprint density at radius 1 is 1.32 bits per heavy atom. The van der Waals surface area contributed by atoms with Crippen molar-refractivity contribution in [3.8, 4) is 0 Å². The third-order valence-corrected chi connectivity index (χ3v) is 3.82. The van der Waals surface area contributed by atoms with Crippen LogP contribution in [0.2, 0.25) is 0 Å². The Morgan fingerprint density at radius 2 is 2.00 bits per heavy atom. The Hall–Kier alpha value is -2.07. The van der Waals surface area contributed by atoms with Gasteiger partial charge in [0.1, 0.15) is 5.70 Å². The van der Waals surface area contributed by atoms with Gasteiger partial charge in [-0.2, -0.15) is 0 Å². The lowest BCUT2D eigenvalue weighted by Crippen LogP contribution is -2.44. The van der Waals surface area contributed by atoms with Crippen LogP contribution in [0.3, 0.4) is 0 Å². The SMILES string of the molecule is C=C/C(=C(/NCCc1ccccc1)C(C)=O)N1CCNCC1. The van der Waals surface area contributed by atoms with Crippen molar-refractivity contribution >= 4 is 5.78 Å². The van der Waals surface area contributed by atoms with E-state index in [0.717, 1.165) is 44.8 Å². The normalized spacial score (nSPS) is 16.0. The summed E-state index contributed by atoms with van der Waals surface area (Å²) in [7, 11) is 0. The van der Waals surface area contributed by atoms with Crippen molar-refractivity contribution in [1.29, 1.82) is 0 Å². The van der Waals surface area contributed by atoms with Crippen molar-refractivity contribution in [3.05, 3.63) is 59.9 Å². The average molecular weight is 299 g/mol. The molecule has 2 rings (SSSR count). The van der Waals surface area contributed by atoms with Crippen LogP contribution in [-0.4, -0.2) is 43.4 Å². The van der Waals surface area contributed by atoms with Gasteiger partial charge in [0.2, 0.25) is 0 Å². The first-order chi connectivity index (χ1) is 10.7. The van der Waals surface area contributed by atoms with Gasteiger partial charge in [-0.15, -0.1) is 0 Å². The van der Waals surface area contributed by atoms with Crippen LogP contribution in [0.25, 0.3) is 0 Å². The molecular formula is C18H25N3O. The number of carbonyl (C=O) groups excluding carboxylic acids is 1. The molecule has 22 heavy (non-hydrogen) atoms. The fraction of sp³-hybridized carbons (Fsp3) is 0.389. The molecule has 0 atom stereocenters. The fourth-order valence-electron chi connectivity index (χ4n) is 2.67. The zero-order valence-corrected chi connectivity index (χ0v) is 13.3. The van der Waals surface area contributed by atoms with Gasteiger partial charge in [0, 0.05) is 39.6 Å². The molecule has 1 heterocycles. The highest BCUT2D eigenvalue weighted by atomic mass is 16.1. The summed E-state index contributed by atoms with van der Waals surface area (Å²) in [6.07, 6.45) is 2.68. The van der Waals surface area contributed by atoms with E-state index in [4.69, 9.17) is 0 Å². The molecule has 4 heteroatoms. The second-order valence-electron chi connectivity index (χ2n) is 5.42. The summed E-state index contributed by atoms with van der Waals surface area (Å²) in [5, 5.41) is 6.64. The summed E-state index contributed by atoms with van der Waals surface area (Å²) >= 11 is 0. The van der Waals surface area contributed by atoms with E-state index in [2.05, 4.69) is 34.2 Å². The molecule has 1 aromatic carbocycles. The maximum Gasteiger partial charge on any atom is 0.177 e. The van der Waals surface area contributed by atoms with Crippen LogP contribution in [0, 0.1) is 0 Å². The second kappa shape index (κ2) is 8.39. The predicted molar refractivity (Wildman–Crippen MR) is 90.5 cm³/mol. The first-order valence-corrected chi connectivity index (χ1v) is 7.83. The van der Waals surface area contributed by atoms with Gasteiger partial charge >= 0.3 is 0 Å². The molecule has 1 fully saturated rings. The van der Waals surface area contributed by atoms with Gasteiger partial charge in [-0.25, -0.2) is 0 Å². The number of nitrogens with zero attached hydrogens (tertiary/aromatic N) is 1. The number of nitrogens with one attached hydrogen (secondary N) is 2. The number of hydrogen-bond donors (Lipinski definition) is 2. The molecule has 0 aliphatic carbocycles. The zero-order chi connectivity index (χ0) is 15.8. The van der Waals surface area contributed by atoms with E-state index in [-0.39, 0.29) is 5.78 Å². The van der Waals surface area contributed by atoms with E-state index in [1.807, 2.05) is 18.2 Å². The highest BCUT2D eigenvalue weighted by Gasteiger charge is 2.17. The lowest BCUT2D eigenvalue weighted by molar-refractivity contribution is -0.114. The van der Waals surface area contributed by atoms with Gasteiger partial charge in [-0.05, 0) is 18.1 Å². The zero-order valence-electron chi connectivity index (χ0n) is 13.3. The van der Waals surface area contributed by atoms with Crippen LogP contribution in [0.15, 0.2) is 54.4 Å². The highest BCUT2D eigenvalue weighted by molar-refractivity contribution is 5.93. The minimum atomic E-state index is 0.0569. The van der Waals surface area contributed by atoms with E-state index >= 15 is 0 Å². The first-order valence-electron chi connectivity index (χ1n) is 7.83. The quantitative estimate of drug-likeness (QED) is 0.594. The molecule has 0 unspecified atom stereocenters. The molecule has 4 nitrogen and oxygen atoms in total. The molecule has 0 aromatic heterocycles. The molecule has 1 aliphatic rings. The summed E-state index contributed by atoms with van der Waals surface area (Å²) in [5.41, 5.74) is 2.86. The van der Waals surface area contributed by atoms with Crippen LogP contribution in [0.1, 0.15) is 12.5 Å². The number of Topliss-reactive ketones (excluding diaryl/α,β-unsaturated/α-hetero) is 1. The summed E-state index contributed by atoms with van der Waals surface area (Å²) < 4.78 is 0. The van der Waals surface area contributed by atoms with Crippen molar-refractivity contribution in [2.75, 3.05) is 32.7 Å². The van der Waals surface area contributed by atoms with Gasteiger partial charge in [0.25, 0.3) is 0 Å². The summed E-state index contributed by atoms with van der Waals surface area (Å²) in [5.74, 6) is 0.0569. The molecule has 118 valence electrons. The number of benzene rings is 1. The van der Waals surface area contributed by atoms with Crippen molar-refractivity contribution < 1.29 is 4.79 Å².